The molecule has 2 aromatic rings. The van der Waals surface area contributed by atoms with Gasteiger partial charge in [0, 0.05) is 31.0 Å². The monoisotopic (exact) mass is 297 g/mol. The lowest BCUT2D eigenvalue weighted by Crippen LogP contribution is -2.30. The Morgan fingerprint density at radius 3 is 2.48 bits per heavy atom. The van der Waals surface area contributed by atoms with Gasteiger partial charge in [0.15, 0.2) is 0 Å². The zero-order valence-corrected chi connectivity index (χ0v) is 12.8. The highest BCUT2D eigenvalue weighted by Gasteiger charge is 2.14. The summed E-state index contributed by atoms with van der Waals surface area (Å²) in [4.78, 5) is 7.21. The van der Waals surface area contributed by atoms with Crippen molar-refractivity contribution in [3.8, 4) is 0 Å². The highest BCUT2D eigenvalue weighted by molar-refractivity contribution is 7.81. The molecule has 1 fully saturated rings. The van der Waals surface area contributed by atoms with Crippen molar-refractivity contribution in [2.45, 2.75) is 19.3 Å². The van der Waals surface area contributed by atoms with E-state index in [0.717, 1.165) is 29.3 Å². The first-order valence-electron chi connectivity index (χ1n) is 7.40. The van der Waals surface area contributed by atoms with Crippen molar-refractivity contribution in [3.63, 3.8) is 0 Å². The van der Waals surface area contributed by atoms with Crippen LogP contribution in [-0.4, -0.2) is 23.1 Å². The van der Waals surface area contributed by atoms with Crippen LogP contribution in [0.4, 0.5) is 11.4 Å². The molecule has 0 saturated carbocycles. The van der Waals surface area contributed by atoms with E-state index in [2.05, 4.69) is 33.4 Å². The van der Waals surface area contributed by atoms with Gasteiger partial charge in [-0.2, -0.15) is 0 Å². The molecule has 4 heteroatoms. The first-order valence-corrected chi connectivity index (χ1v) is 7.81. The van der Waals surface area contributed by atoms with Gasteiger partial charge in [-0.1, -0.05) is 24.4 Å². The third-order valence-corrected chi connectivity index (χ3v) is 4.13. The molecule has 1 aromatic carbocycles. The summed E-state index contributed by atoms with van der Waals surface area (Å²) in [5.74, 6) is 0. The van der Waals surface area contributed by atoms with E-state index in [-0.39, 0.29) is 0 Å². The summed E-state index contributed by atoms with van der Waals surface area (Å²) in [5, 5.41) is 3.39. The Bertz CT molecular complexity index is 606. The van der Waals surface area contributed by atoms with E-state index in [9.17, 15) is 0 Å². The summed E-state index contributed by atoms with van der Waals surface area (Å²) in [6.07, 6.45) is 7.40. The molecule has 1 saturated heterocycles. The maximum absolute atomic E-state index is 5.51. The van der Waals surface area contributed by atoms with Gasteiger partial charge in [-0.25, -0.2) is 0 Å². The van der Waals surface area contributed by atoms with Crippen molar-refractivity contribution >= 4 is 28.6 Å². The number of aromatic nitrogens is 1. The van der Waals surface area contributed by atoms with Crippen LogP contribution >= 0.6 is 12.2 Å². The molecule has 2 heterocycles. The molecule has 21 heavy (non-hydrogen) atoms. The van der Waals surface area contributed by atoms with Crippen LogP contribution in [-0.2, 0) is 0 Å². The lowest BCUT2D eigenvalue weighted by Gasteiger charge is -2.30. The van der Waals surface area contributed by atoms with Crippen LogP contribution in [0.2, 0.25) is 0 Å². The quantitative estimate of drug-likeness (QED) is 0.871. The van der Waals surface area contributed by atoms with Crippen LogP contribution in [0.3, 0.4) is 0 Å². The lowest BCUT2D eigenvalue weighted by molar-refractivity contribution is 0.578. The van der Waals surface area contributed by atoms with Crippen LogP contribution in [0.25, 0.3) is 0 Å². The van der Waals surface area contributed by atoms with E-state index in [0.29, 0.717) is 0 Å². The maximum atomic E-state index is 5.51. The summed E-state index contributed by atoms with van der Waals surface area (Å²) < 4.78 is 0. The molecular formula is C17H19N3S. The van der Waals surface area contributed by atoms with Crippen molar-refractivity contribution < 1.29 is 0 Å². The van der Waals surface area contributed by atoms with Crippen LogP contribution in [0.15, 0.2) is 48.8 Å². The molecular weight excluding hydrogens is 278 g/mol. The minimum absolute atomic E-state index is 0.738. The van der Waals surface area contributed by atoms with E-state index in [4.69, 9.17) is 12.2 Å². The fourth-order valence-corrected chi connectivity index (χ4v) is 2.93. The number of piperidine rings is 1. The van der Waals surface area contributed by atoms with E-state index >= 15 is 0 Å². The molecule has 0 radical (unpaired) electrons. The van der Waals surface area contributed by atoms with Gasteiger partial charge in [0.1, 0.15) is 4.99 Å². The van der Waals surface area contributed by atoms with Crippen LogP contribution in [0.1, 0.15) is 24.8 Å². The standard InChI is InChI=1S/C17H19N3S/c21-17(14-8-10-18-11-9-14)19-15-6-2-3-7-16(15)20-12-4-1-5-13-20/h2-3,6-11H,1,4-5,12-13H2,(H,19,21). The maximum Gasteiger partial charge on any atom is 0.111 e. The fourth-order valence-electron chi connectivity index (χ4n) is 2.69. The molecule has 1 aliphatic heterocycles. The number of pyridine rings is 1. The van der Waals surface area contributed by atoms with Crippen LogP contribution in [0.5, 0.6) is 0 Å². The second-order valence-corrected chi connectivity index (χ2v) is 5.66. The fraction of sp³-hybridized carbons (Fsp3) is 0.294. The van der Waals surface area contributed by atoms with Gasteiger partial charge in [-0.15, -0.1) is 0 Å². The van der Waals surface area contributed by atoms with Crippen molar-refractivity contribution in [2.24, 2.45) is 0 Å². The molecule has 0 atom stereocenters. The highest BCUT2D eigenvalue weighted by Crippen LogP contribution is 2.28. The topological polar surface area (TPSA) is 28.2 Å². The first kappa shape index (κ1) is 14.0. The lowest BCUT2D eigenvalue weighted by atomic mass is 10.1. The Hall–Kier alpha value is -1.94. The number of nitrogens with zero attached hydrogens (tertiary/aromatic N) is 2. The van der Waals surface area contributed by atoms with Crippen LogP contribution in [0, 0.1) is 0 Å². The predicted octanol–water partition coefficient (Wildman–Crippen LogP) is 3.86. The molecule has 1 aliphatic rings. The molecule has 1 N–H and O–H groups in total. The molecule has 0 unspecified atom stereocenters. The highest BCUT2D eigenvalue weighted by atomic mass is 32.1. The first-order chi connectivity index (χ1) is 10.3. The van der Waals surface area contributed by atoms with Gasteiger partial charge in [-0.05, 0) is 43.5 Å². The number of thiocarbonyl (C=S) groups is 1. The van der Waals surface area contributed by atoms with Gasteiger partial charge < -0.3 is 10.2 Å². The molecule has 108 valence electrons. The molecule has 1 aromatic heterocycles. The number of hydrogen-bond donors (Lipinski definition) is 1. The Labute approximate surface area is 131 Å². The van der Waals surface area contributed by atoms with Gasteiger partial charge >= 0.3 is 0 Å². The van der Waals surface area contributed by atoms with Gasteiger partial charge in [0.2, 0.25) is 0 Å². The Balaban J connectivity index is 1.80. The number of hydrogen-bond acceptors (Lipinski definition) is 3. The van der Waals surface area contributed by atoms with Crippen molar-refractivity contribution in [3.05, 3.63) is 54.4 Å². The summed E-state index contributed by atoms with van der Waals surface area (Å²) >= 11 is 5.51. The number of rotatable bonds is 3. The largest absolute Gasteiger partial charge is 0.370 e. The number of nitrogens with one attached hydrogen (secondary N) is 1. The zero-order chi connectivity index (χ0) is 14.5. The summed E-state index contributed by atoms with van der Waals surface area (Å²) in [6.45, 7) is 2.25. The van der Waals surface area contributed by atoms with E-state index in [1.165, 1.54) is 24.9 Å². The smallest absolute Gasteiger partial charge is 0.111 e. The average molecular weight is 297 g/mol. The third kappa shape index (κ3) is 3.39. The van der Waals surface area contributed by atoms with Gasteiger partial charge in [0.25, 0.3) is 0 Å². The van der Waals surface area contributed by atoms with Crippen molar-refractivity contribution in [1.29, 1.82) is 0 Å². The summed E-state index contributed by atoms with van der Waals surface area (Å²) in [7, 11) is 0. The van der Waals surface area contributed by atoms with Crippen LogP contribution < -0.4 is 10.2 Å². The SMILES string of the molecule is S=C(Nc1ccccc1N1CCCCC1)c1ccncc1. The second-order valence-electron chi connectivity index (χ2n) is 5.25. The molecule has 0 spiro atoms. The number of para-hydroxylation sites is 2. The normalized spacial score (nSPS) is 14.8. The molecule has 3 nitrogen and oxygen atoms in total. The van der Waals surface area contributed by atoms with E-state index in [1.54, 1.807) is 12.4 Å². The Morgan fingerprint density at radius 2 is 1.71 bits per heavy atom. The second kappa shape index (κ2) is 6.68. The van der Waals surface area contributed by atoms with E-state index in [1.807, 2.05) is 18.2 Å². The third-order valence-electron chi connectivity index (χ3n) is 3.79. The number of anilines is 2. The predicted molar refractivity (Wildman–Crippen MR) is 92.1 cm³/mol. The van der Waals surface area contributed by atoms with Crippen molar-refractivity contribution in [2.75, 3.05) is 23.3 Å². The van der Waals surface area contributed by atoms with Gasteiger partial charge in [-0.3, -0.25) is 4.98 Å². The summed E-state index contributed by atoms with van der Waals surface area (Å²) in [6, 6.07) is 12.3. The van der Waals surface area contributed by atoms with E-state index < -0.39 is 0 Å². The summed E-state index contributed by atoms with van der Waals surface area (Å²) in [5.41, 5.74) is 3.32. The zero-order valence-electron chi connectivity index (χ0n) is 12.0. The minimum Gasteiger partial charge on any atom is -0.370 e. The molecule has 0 aliphatic carbocycles. The molecule has 3 rings (SSSR count). The average Bonchev–Trinajstić information content (AvgIpc) is 2.57. The molecule has 0 amide bonds. The van der Waals surface area contributed by atoms with Gasteiger partial charge in [0.05, 0.1) is 11.4 Å². The number of benzene rings is 1. The Morgan fingerprint density at radius 1 is 1.00 bits per heavy atom. The Kier molecular flexibility index (Phi) is 4.46. The molecule has 0 bridgehead atoms. The van der Waals surface area contributed by atoms with Crippen molar-refractivity contribution in [1.82, 2.24) is 4.98 Å². The minimum atomic E-state index is 0.738.